The molecule has 0 aliphatic rings. The van der Waals surface area contributed by atoms with Crippen LogP contribution in [0.3, 0.4) is 0 Å². The van der Waals surface area contributed by atoms with Gasteiger partial charge in [-0.05, 0) is 48.7 Å². The van der Waals surface area contributed by atoms with Gasteiger partial charge in [-0.15, -0.1) is 0 Å². The first kappa shape index (κ1) is 15.0. The molecule has 0 spiro atoms. The monoisotopic (exact) mass is 309 g/mol. The number of methoxy groups -OCH3 is 1. The highest BCUT2D eigenvalue weighted by atomic mass is 35.5. The first-order chi connectivity index (χ1) is 9.51. The summed E-state index contributed by atoms with van der Waals surface area (Å²) in [6.07, 6.45) is 0. The molecular weight excluding hydrogens is 293 g/mol. The summed E-state index contributed by atoms with van der Waals surface area (Å²) in [5.41, 5.74) is 4.31. The molecule has 0 fully saturated rings. The molecule has 0 unspecified atom stereocenters. The van der Waals surface area contributed by atoms with Crippen molar-refractivity contribution in [3.8, 4) is 5.75 Å². The molecule has 0 saturated heterocycles. The lowest BCUT2D eigenvalue weighted by molar-refractivity contribution is 0.416. The number of halogens is 2. The van der Waals surface area contributed by atoms with Crippen LogP contribution in [-0.2, 0) is 6.54 Å². The maximum absolute atomic E-state index is 6.10. The lowest BCUT2D eigenvalue weighted by Crippen LogP contribution is -2.03. The van der Waals surface area contributed by atoms with E-state index in [1.54, 1.807) is 7.11 Å². The Bertz CT molecular complexity index is 626. The Balaban J connectivity index is 2.20. The summed E-state index contributed by atoms with van der Waals surface area (Å²) in [6, 6.07) is 9.71. The van der Waals surface area contributed by atoms with Gasteiger partial charge in [-0.3, -0.25) is 0 Å². The Morgan fingerprint density at radius 3 is 2.45 bits per heavy atom. The third kappa shape index (κ3) is 3.38. The van der Waals surface area contributed by atoms with Crippen molar-refractivity contribution < 1.29 is 4.74 Å². The van der Waals surface area contributed by atoms with Crippen molar-refractivity contribution >= 4 is 28.9 Å². The fourth-order valence-electron chi connectivity index (χ4n) is 2.02. The van der Waals surface area contributed by atoms with E-state index in [4.69, 9.17) is 27.9 Å². The number of hydrogen-bond donors (Lipinski definition) is 1. The van der Waals surface area contributed by atoms with Gasteiger partial charge in [0.1, 0.15) is 5.75 Å². The van der Waals surface area contributed by atoms with Crippen LogP contribution in [0.15, 0.2) is 30.3 Å². The molecule has 0 heterocycles. The number of rotatable bonds is 4. The minimum Gasteiger partial charge on any atom is -0.495 e. The molecule has 0 saturated carbocycles. The van der Waals surface area contributed by atoms with Crippen LogP contribution in [0.25, 0.3) is 0 Å². The fraction of sp³-hybridized carbons (Fsp3) is 0.250. The van der Waals surface area contributed by atoms with Gasteiger partial charge in [-0.1, -0.05) is 29.3 Å². The van der Waals surface area contributed by atoms with E-state index in [-0.39, 0.29) is 0 Å². The normalized spacial score (nSPS) is 10.4. The van der Waals surface area contributed by atoms with Gasteiger partial charge in [0.2, 0.25) is 0 Å². The Hall–Kier alpha value is -1.38. The van der Waals surface area contributed by atoms with Gasteiger partial charge in [0.25, 0.3) is 0 Å². The molecule has 20 heavy (non-hydrogen) atoms. The standard InChI is InChI=1S/C16H17Cl2NO/c1-10-6-13(17)5-4-12(10)9-19-15-7-11(2)14(18)8-16(15)20-3/h4-8,19H,9H2,1-3H3. The van der Waals surface area contributed by atoms with Crippen molar-refractivity contribution in [3.63, 3.8) is 0 Å². The smallest absolute Gasteiger partial charge is 0.143 e. The average Bonchev–Trinajstić information content (AvgIpc) is 2.41. The minimum absolute atomic E-state index is 0.704. The molecule has 106 valence electrons. The predicted molar refractivity (Wildman–Crippen MR) is 86.3 cm³/mol. The molecule has 0 amide bonds. The second kappa shape index (κ2) is 6.38. The SMILES string of the molecule is COc1cc(Cl)c(C)cc1NCc1ccc(Cl)cc1C. The van der Waals surface area contributed by atoms with Gasteiger partial charge in [-0.2, -0.15) is 0 Å². The third-order valence-electron chi connectivity index (χ3n) is 3.25. The zero-order valence-corrected chi connectivity index (χ0v) is 13.3. The van der Waals surface area contributed by atoms with E-state index in [0.717, 1.165) is 27.6 Å². The van der Waals surface area contributed by atoms with Gasteiger partial charge >= 0.3 is 0 Å². The number of benzene rings is 2. The van der Waals surface area contributed by atoms with Crippen LogP contribution in [-0.4, -0.2) is 7.11 Å². The molecule has 0 bridgehead atoms. The molecule has 2 aromatic rings. The van der Waals surface area contributed by atoms with Gasteiger partial charge in [-0.25, -0.2) is 0 Å². The Morgan fingerprint density at radius 2 is 1.80 bits per heavy atom. The average molecular weight is 310 g/mol. The molecular formula is C16H17Cl2NO. The van der Waals surface area contributed by atoms with Crippen LogP contribution in [0, 0.1) is 13.8 Å². The molecule has 0 radical (unpaired) electrons. The number of ether oxygens (including phenoxy) is 1. The van der Waals surface area contributed by atoms with Crippen molar-refractivity contribution in [1.82, 2.24) is 0 Å². The van der Waals surface area contributed by atoms with E-state index in [9.17, 15) is 0 Å². The molecule has 2 nitrogen and oxygen atoms in total. The molecule has 0 aliphatic heterocycles. The summed E-state index contributed by atoms with van der Waals surface area (Å²) < 4.78 is 5.35. The van der Waals surface area contributed by atoms with E-state index in [0.29, 0.717) is 11.6 Å². The van der Waals surface area contributed by atoms with Gasteiger partial charge in [0.05, 0.1) is 12.8 Å². The van der Waals surface area contributed by atoms with Crippen molar-refractivity contribution in [2.24, 2.45) is 0 Å². The molecule has 0 aromatic heterocycles. The van der Waals surface area contributed by atoms with Gasteiger partial charge in [0.15, 0.2) is 0 Å². The molecule has 1 N–H and O–H groups in total. The number of anilines is 1. The lowest BCUT2D eigenvalue weighted by Gasteiger charge is -2.14. The van der Waals surface area contributed by atoms with E-state index in [1.165, 1.54) is 5.56 Å². The van der Waals surface area contributed by atoms with Gasteiger partial charge < -0.3 is 10.1 Å². The van der Waals surface area contributed by atoms with Crippen LogP contribution in [0.5, 0.6) is 5.75 Å². The quantitative estimate of drug-likeness (QED) is 0.835. The topological polar surface area (TPSA) is 21.3 Å². The summed E-state index contributed by atoms with van der Waals surface area (Å²) in [4.78, 5) is 0. The zero-order chi connectivity index (χ0) is 14.7. The first-order valence-electron chi connectivity index (χ1n) is 6.34. The molecule has 4 heteroatoms. The van der Waals surface area contributed by atoms with Gasteiger partial charge in [0, 0.05) is 22.7 Å². The largest absolute Gasteiger partial charge is 0.495 e. The zero-order valence-electron chi connectivity index (χ0n) is 11.8. The van der Waals surface area contributed by atoms with E-state index in [1.807, 2.05) is 44.2 Å². The highest BCUT2D eigenvalue weighted by Crippen LogP contribution is 2.31. The highest BCUT2D eigenvalue weighted by molar-refractivity contribution is 6.31. The molecule has 2 rings (SSSR count). The van der Waals surface area contributed by atoms with E-state index >= 15 is 0 Å². The fourth-order valence-corrected chi connectivity index (χ4v) is 2.40. The molecule has 0 atom stereocenters. The van der Waals surface area contributed by atoms with Crippen LogP contribution >= 0.6 is 23.2 Å². The maximum atomic E-state index is 6.10. The van der Waals surface area contributed by atoms with Crippen LogP contribution in [0.4, 0.5) is 5.69 Å². The first-order valence-corrected chi connectivity index (χ1v) is 7.10. The maximum Gasteiger partial charge on any atom is 0.143 e. The Morgan fingerprint density at radius 1 is 1.05 bits per heavy atom. The van der Waals surface area contributed by atoms with E-state index < -0.39 is 0 Å². The summed E-state index contributed by atoms with van der Waals surface area (Å²) in [5.74, 6) is 0.743. The third-order valence-corrected chi connectivity index (χ3v) is 3.90. The highest BCUT2D eigenvalue weighted by Gasteiger charge is 2.07. The van der Waals surface area contributed by atoms with Crippen molar-refractivity contribution in [1.29, 1.82) is 0 Å². The number of nitrogens with one attached hydrogen (secondary N) is 1. The van der Waals surface area contributed by atoms with Crippen molar-refractivity contribution in [3.05, 3.63) is 57.1 Å². The second-order valence-corrected chi connectivity index (χ2v) is 5.57. The van der Waals surface area contributed by atoms with Crippen LogP contribution in [0.2, 0.25) is 10.0 Å². The number of hydrogen-bond acceptors (Lipinski definition) is 2. The second-order valence-electron chi connectivity index (χ2n) is 4.73. The molecule has 2 aromatic carbocycles. The van der Waals surface area contributed by atoms with Crippen molar-refractivity contribution in [2.45, 2.75) is 20.4 Å². The summed E-state index contributed by atoms with van der Waals surface area (Å²) in [7, 11) is 1.64. The predicted octanol–water partition coefficient (Wildman–Crippen LogP) is 5.23. The van der Waals surface area contributed by atoms with Crippen LogP contribution < -0.4 is 10.1 Å². The molecule has 0 aliphatic carbocycles. The van der Waals surface area contributed by atoms with Crippen molar-refractivity contribution in [2.75, 3.05) is 12.4 Å². The summed E-state index contributed by atoms with van der Waals surface area (Å²) in [5, 5.41) is 4.84. The van der Waals surface area contributed by atoms with Crippen LogP contribution in [0.1, 0.15) is 16.7 Å². The van der Waals surface area contributed by atoms with E-state index in [2.05, 4.69) is 5.32 Å². The number of aryl methyl sites for hydroxylation is 2. The summed E-state index contributed by atoms with van der Waals surface area (Å²) in [6.45, 7) is 4.73. The minimum atomic E-state index is 0.704. The summed E-state index contributed by atoms with van der Waals surface area (Å²) >= 11 is 12.1. The lowest BCUT2D eigenvalue weighted by atomic mass is 10.1. The Kier molecular flexibility index (Phi) is 4.79. The Labute approximate surface area is 129 Å².